The molecule has 1 N–H and O–H groups in total. The number of thiazole rings is 1. The molecule has 2 aromatic rings. The van der Waals surface area contributed by atoms with Gasteiger partial charge in [-0.3, -0.25) is 9.59 Å². The van der Waals surface area contributed by atoms with Crippen LogP contribution in [0.2, 0.25) is 0 Å². The molecule has 8 heteroatoms. The number of hydrogen-bond donors (Lipinski definition) is 1. The van der Waals surface area contributed by atoms with Crippen LogP contribution in [0.15, 0.2) is 40.3 Å². The standard InChI is InChI=1S/C17H18BrN3O3S/c18-13-3-5-14(6-4-13)24-11-15(22)21-8-1-2-12(10-21)16(23)20-17-19-7-9-25-17/h3-7,9,12H,1-2,8,10-11H2,(H,19,20,23). The number of carbonyl (C=O) groups excluding carboxylic acids is 2. The second-order valence-corrected chi connectivity index (χ2v) is 7.56. The van der Waals surface area contributed by atoms with Gasteiger partial charge in [-0.05, 0) is 37.1 Å². The van der Waals surface area contributed by atoms with E-state index in [1.54, 1.807) is 23.2 Å². The van der Waals surface area contributed by atoms with E-state index in [0.717, 1.165) is 17.3 Å². The van der Waals surface area contributed by atoms with Crippen molar-refractivity contribution >= 4 is 44.2 Å². The van der Waals surface area contributed by atoms with Gasteiger partial charge in [-0.2, -0.15) is 0 Å². The Morgan fingerprint density at radius 3 is 2.88 bits per heavy atom. The first-order chi connectivity index (χ1) is 12.1. The number of halogens is 1. The third-order valence-electron chi connectivity index (χ3n) is 3.98. The molecule has 0 radical (unpaired) electrons. The Hall–Kier alpha value is -1.93. The van der Waals surface area contributed by atoms with Gasteiger partial charge in [-0.15, -0.1) is 11.3 Å². The molecule has 1 atom stereocenters. The average molecular weight is 424 g/mol. The highest BCUT2D eigenvalue weighted by molar-refractivity contribution is 9.10. The molecule has 0 spiro atoms. The predicted octanol–water partition coefficient (Wildman–Crippen LogP) is 3.16. The number of anilines is 1. The van der Waals surface area contributed by atoms with Gasteiger partial charge in [-0.1, -0.05) is 15.9 Å². The number of ether oxygens (including phenoxy) is 1. The van der Waals surface area contributed by atoms with Crippen LogP contribution in [-0.4, -0.2) is 41.4 Å². The molecule has 0 aliphatic carbocycles. The molecule has 1 aromatic heterocycles. The highest BCUT2D eigenvalue weighted by Crippen LogP contribution is 2.20. The number of nitrogens with zero attached hydrogens (tertiary/aromatic N) is 2. The molecule has 25 heavy (non-hydrogen) atoms. The molecule has 1 fully saturated rings. The van der Waals surface area contributed by atoms with Crippen molar-refractivity contribution in [2.45, 2.75) is 12.8 Å². The van der Waals surface area contributed by atoms with Crippen molar-refractivity contribution in [2.24, 2.45) is 5.92 Å². The topological polar surface area (TPSA) is 71.5 Å². The first-order valence-electron chi connectivity index (χ1n) is 7.98. The molecule has 1 aromatic carbocycles. The van der Waals surface area contributed by atoms with E-state index in [-0.39, 0.29) is 24.3 Å². The van der Waals surface area contributed by atoms with E-state index in [1.807, 2.05) is 17.5 Å². The van der Waals surface area contributed by atoms with Gasteiger partial charge in [0.2, 0.25) is 5.91 Å². The minimum absolute atomic E-state index is 0.0253. The van der Waals surface area contributed by atoms with Gasteiger partial charge in [-0.25, -0.2) is 4.98 Å². The van der Waals surface area contributed by atoms with Crippen LogP contribution in [0.5, 0.6) is 5.75 Å². The molecule has 1 aliphatic rings. The van der Waals surface area contributed by atoms with E-state index in [1.165, 1.54) is 11.3 Å². The number of amides is 2. The maximum absolute atomic E-state index is 12.4. The zero-order chi connectivity index (χ0) is 17.6. The van der Waals surface area contributed by atoms with E-state index in [4.69, 9.17) is 4.74 Å². The molecule has 1 saturated heterocycles. The molecule has 1 aliphatic heterocycles. The Balaban J connectivity index is 1.50. The van der Waals surface area contributed by atoms with Crippen LogP contribution in [-0.2, 0) is 9.59 Å². The van der Waals surface area contributed by atoms with Gasteiger partial charge in [0.1, 0.15) is 5.75 Å². The summed E-state index contributed by atoms with van der Waals surface area (Å²) < 4.78 is 6.49. The van der Waals surface area contributed by atoms with E-state index < -0.39 is 0 Å². The lowest BCUT2D eigenvalue weighted by Crippen LogP contribution is -2.45. The van der Waals surface area contributed by atoms with Crippen molar-refractivity contribution in [2.75, 3.05) is 25.0 Å². The highest BCUT2D eigenvalue weighted by atomic mass is 79.9. The van der Waals surface area contributed by atoms with E-state index in [9.17, 15) is 9.59 Å². The third-order valence-corrected chi connectivity index (χ3v) is 5.20. The van der Waals surface area contributed by atoms with E-state index in [2.05, 4.69) is 26.2 Å². The van der Waals surface area contributed by atoms with Crippen molar-refractivity contribution in [1.82, 2.24) is 9.88 Å². The number of benzene rings is 1. The van der Waals surface area contributed by atoms with Gasteiger partial charge in [0, 0.05) is 29.1 Å². The fourth-order valence-corrected chi connectivity index (χ4v) is 3.47. The van der Waals surface area contributed by atoms with Gasteiger partial charge in [0.25, 0.3) is 5.91 Å². The molecule has 2 heterocycles. The molecular formula is C17H18BrN3O3S. The monoisotopic (exact) mass is 423 g/mol. The van der Waals surface area contributed by atoms with Crippen molar-refractivity contribution < 1.29 is 14.3 Å². The summed E-state index contributed by atoms with van der Waals surface area (Å²) in [6.45, 7) is 1.05. The minimum Gasteiger partial charge on any atom is -0.484 e. The van der Waals surface area contributed by atoms with Crippen LogP contribution in [0.25, 0.3) is 0 Å². The second kappa shape index (κ2) is 8.44. The molecule has 0 saturated carbocycles. The highest BCUT2D eigenvalue weighted by Gasteiger charge is 2.28. The van der Waals surface area contributed by atoms with Crippen LogP contribution in [0.1, 0.15) is 12.8 Å². The van der Waals surface area contributed by atoms with E-state index in [0.29, 0.717) is 24.0 Å². The van der Waals surface area contributed by atoms with Crippen molar-refractivity contribution in [1.29, 1.82) is 0 Å². The summed E-state index contributed by atoms with van der Waals surface area (Å²) in [5.41, 5.74) is 0. The largest absolute Gasteiger partial charge is 0.484 e. The third kappa shape index (κ3) is 5.02. The molecule has 3 rings (SSSR count). The summed E-state index contributed by atoms with van der Waals surface area (Å²) in [7, 11) is 0. The lowest BCUT2D eigenvalue weighted by molar-refractivity contribution is -0.136. The zero-order valence-corrected chi connectivity index (χ0v) is 15.9. The smallest absolute Gasteiger partial charge is 0.260 e. The second-order valence-electron chi connectivity index (χ2n) is 5.75. The number of rotatable bonds is 5. The Morgan fingerprint density at radius 1 is 1.36 bits per heavy atom. The maximum Gasteiger partial charge on any atom is 0.260 e. The maximum atomic E-state index is 12.4. The Labute approximate surface area is 158 Å². The number of aromatic nitrogens is 1. The summed E-state index contributed by atoms with van der Waals surface area (Å²) in [5, 5.41) is 5.21. The van der Waals surface area contributed by atoms with Crippen LogP contribution < -0.4 is 10.1 Å². The fraction of sp³-hybridized carbons (Fsp3) is 0.353. The molecular weight excluding hydrogens is 406 g/mol. The molecule has 6 nitrogen and oxygen atoms in total. The molecule has 2 amide bonds. The number of carbonyl (C=O) groups is 2. The number of hydrogen-bond acceptors (Lipinski definition) is 5. The van der Waals surface area contributed by atoms with Gasteiger partial charge in [0.05, 0.1) is 5.92 Å². The zero-order valence-electron chi connectivity index (χ0n) is 13.5. The van der Waals surface area contributed by atoms with Gasteiger partial charge >= 0.3 is 0 Å². The molecule has 132 valence electrons. The Kier molecular flexibility index (Phi) is 6.04. The SMILES string of the molecule is O=C(Nc1nccs1)C1CCCN(C(=O)COc2ccc(Br)cc2)C1. The lowest BCUT2D eigenvalue weighted by Gasteiger charge is -2.31. The number of likely N-dealkylation sites (tertiary alicyclic amines) is 1. The lowest BCUT2D eigenvalue weighted by atomic mass is 9.97. The quantitative estimate of drug-likeness (QED) is 0.801. The normalized spacial score (nSPS) is 17.2. The fourth-order valence-electron chi connectivity index (χ4n) is 2.68. The van der Waals surface area contributed by atoms with Crippen molar-refractivity contribution in [3.63, 3.8) is 0 Å². The van der Waals surface area contributed by atoms with E-state index >= 15 is 0 Å². The summed E-state index contributed by atoms with van der Waals surface area (Å²) in [5.74, 6) is 0.247. The average Bonchev–Trinajstić information content (AvgIpc) is 3.14. The van der Waals surface area contributed by atoms with Crippen LogP contribution in [0.3, 0.4) is 0 Å². The first kappa shape index (κ1) is 17.9. The van der Waals surface area contributed by atoms with Crippen LogP contribution in [0, 0.1) is 5.92 Å². The summed E-state index contributed by atoms with van der Waals surface area (Å²) in [6.07, 6.45) is 3.23. The summed E-state index contributed by atoms with van der Waals surface area (Å²) >= 11 is 4.74. The number of piperidine rings is 1. The minimum atomic E-state index is -0.214. The number of nitrogens with one attached hydrogen (secondary N) is 1. The molecule has 1 unspecified atom stereocenters. The summed E-state index contributed by atoms with van der Waals surface area (Å²) in [4.78, 5) is 30.5. The summed E-state index contributed by atoms with van der Waals surface area (Å²) in [6, 6.07) is 7.33. The van der Waals surface area contributed by atoms with Crippen LogP contribution in [0.4, 0.5) is 5.13 Å². The first-order valence-corrected chi connectivity index (χ1v) is 9.65. The predicted molar refractivity (Wildman–Crippen MR) is 99.7 cm³/mol. The molecule has 0 bridgehead atoms. The Bertz CT molecular complexity index is 721. The van der Waals surface area contributed by atoms with Crippen molar-refractivity contribution in [3.05, 3.63) is 40.3 Å². The van der Waals surface area contributed by atoms with Crippen LogP contribution >= 0.6 is 27.3 Å². The van der Waals surface area contributed by atoms with Gasteiger partial charge in [0.15, 0.2) is 11.7 Å². The van der Waals surface area contributed by atoms with Crippen molar-refractivity contribution in [3.8, 4) is 5.75 Å². The Morgan fingerprint density at radius 2 is 2.16 bits per heavy atom. The van der Waals surface area contributed by atoms with Gasteiger partial charge < -0.3 is 15.0 Å².